The van der Waals surface area contributed by atoms with Gasteiger partial charge in [0.25, 0.3) is 11.8 Å². The fraction of sp³-hybridized carbons (Fsp3) is 0.333. The molecule has 6 heteroatoms. The van der Waals surface area contributed by atoms with Gasteiger partial charge in [-0.25, -0.2) is 0 Å². The molecule has 0 spiro atoms. The number of hydrogen-bond donors (Lipinski definition) is 1. The van der Waals surface area contributed by atoms with Gasteiger partial charge in [-0.2, -0.15) is 0 Å². The van der Waals surface area contributed by atoms with Gasteiger partial charge < -0.3 is 10.1 Å². The first-order chi connectivity index (χ1) is 14.2. The van der Waals surface area contributed by atoms with Crippen LogP contribution in [0.25, 0.3) is 5.57 Å². The Hall–Kier alpha value is -2.63. The van der Waals surface area contributed by atoms with E-state index in [0.717, 1.165) is 16.7 Å². The Bertz CT molecular complexity index is 1030. The van der Waals surface area contributed by atoms with Crippen LogP contribution in [0.3, 0.4) is 0 Å². The van der Waals surface area contributed by atoms with Crippen LogP contribution in [-0.4, -0.2) is 36.0 Å². The fourth-order valence-corrected chi connectivity index (χ4v) is 3.49. The van der Waals surface area contributed by atoms with Crippen LogP contribution in [0.1, 0.15) is 36.1 Å². The zero-order chi connectivity index (χ0) is 22.0. The van der Waals surface area contributed by atoms with Gasteiger partial charge in [0.15, 0.2) is 0 Å². The van der Waals surface area contributed by atoms with Gasteiger partial charge in [0.2, 0.25) is 0 Å². The zero-order valence-electron chi connectivity index (χ0n) is 18.0. The molecule has 0 bridgehead atoms. The van der Waals surface area contributed by atoms with Gasteiger partial charge in [-0.1, -0.05) is 35.9 Å². The molecule has 0 atom stereocenters. The van der Waals surface area contributed by atoms with Crippen LogP contribution in [0.5, 0.6) is 0 Å². The summed E-state index contributed by atoms with van der Waals surface area (Å²) in [5.74, 6) is -0.683. The van der Waals surface area contributed by atoms with Crippen molar-refractivity contribution in [3.05, 3.63) is 69.4 Å². The van der Waals surface area contributed by atoms with E-state index < -0.39 is 0 Å². The maximum Gasteiger partial charge on any atom is 0.278 e. The average molecular weight is 427 g/mol. The maximum atomic E-state index is 13.3. The number of carbonyl (C=O) groups excluding carboxylic acids is 2. The van der Waals surface area contributed by atoms with E-state index in [1.807, 2.05) is 65.0 Å². The van der Waals surface area contributed by atoms with E-state index in [1.54, 1.807) is 6.07 Å². The van der Waals surface area contributed by atoms with Gasteiger partial charge in [0.05, 0.1) is 24.8 Å². The highest BCUT2D eigenvalue weighted by Gasteiger charge is 2.39. The summed E-state index contributed by atoms with van der Waals surface area (Å²) in [6.45, 7) is 10.2. The number of carbonyl (C=O) groups is 2. The molecule has 1 aliphatic rings. The van der Waals surface area contributed by atoms with Crippen LogP contribution in [0.4, 0.5) is 5.69 Å². The number of nitrogens with zero attached hydrogens (tertiary/aromatic N) is 1. The molecule has 0 fully saturated rings. The van der Waals surface area contributed by atoms with Crippen LogP contribution < -0.4 is 5.32 Å². The number of anilines is 1. The lowest BCUT2D eigenvalue weighted by Gasteiger charge is -2.17. The normalized spacial score (nSPS) is 14.3. The van der Waals surface area contributed by atoms with Gasteiger partial charge >= 0.3 is 0 Å². The monoisotopic (exact) mass is 426 g/mol. The number of nitrogens with one attached hydrogen (secondary N) is 1. The fourth-order valence-electron chi connectivity index (χ4n) is 3.32. The molecule has 0 aromatic heterocycles. The highest BCUT2D eigenvalue weighted by atomic mass is 35.5. The molecule has 1 N–H and O–H groups in total. The third-order valence-electron chi connectivity index (χ3n) is 5.26. The lowest BCUT2D eigenvalue weighted by molar-refractivity contribution is -0.137. The number of halogens is 1. The number of rotatable bonds is 7. The molecule has 5 nitrogen and oxygen atoms in total. The van der Waals surface area contributed by atoms with Crippen molar-refractivity contribution in [3.8, 4) is 0 Å². The number of ether oxygens (including phenoxy) is 1. The minimum Gasteiger partial charge on any atom is -0.377 e. The quantitative estimate of drug-likeness (QED) is 0.641. The Balaban J connectivity index is 2.03. The molecular weight excluding hydrogens is 400 g/mol. The van der Waals surface area contributed by atoms with Gasteiger partial charge in [0.1, 0.15) is 5.70 Å². The Morgan fingerprint density at radius 1 is 1.03 bits per heavy atom. The van der Waals surface area contributed by atoms with Crippen molar-refractivity contribution in [1.82, 2.24) is 4.90 Å². The third-order valence-corrected chi connectivity index (χ3v) is 5.67. The Kier molecular flexibility index (Phi) is 6.64. The standard InChI is InChI=1S/C24H27ClN2O3/c1-14(2)30-12-11-27-23(28)21(18-10-9-15(3)16(4)13-18)22(24(27)29)26-20-8-6-7-19(25)17(20)5/h6-10,13-14,26H,11-12H2,1-5H3. The second kappa shape index (κ2) is 9.02. The minimum atomic E-state index is -0.361. The first-order valence-corrected chi connectivity index (χ1v) is 10.4. The lowest BCUT2D eigenvalue weighted by Crippen LogP contribution is -2.35. The molecule has 30 heavy (non-hydrogen) atoms. The summed E-state index contributed by atoms with van der Waals surface area (Å²) < 4.78 is 5.56. The lowest BCUT2D eigenvalue weighted by atomic mass is 9.99. The van der Waals surface area contributed by atoms with Gasteiger partial charge in [0, 0.05) is 10.7 Å². The molecule has 2 amide bonds. The van der Waals surface area contributed by atoms with Crippen molar-refractivity contribution >= 4 is 34.7 Å². The van der Waals surface area contributed by atoms with E-state index in [1.165, 1.54) is 4.90 Å². The summed E-state index contributed by atoms with van der Waals surface area (Å²) in [7, 11) is 0. The summed E-state index contributed by atoms with van der Waals surface area (Å²) in [5.41, 5.74) is 5.03. The van der Waals surface area contributed by atoms with Crippen molar-refractivity contribution in [1.29, 1.82) is 0 Å². The zero-order valence-corrected chi connectivity index (χ0v) is 18.8. The Morgan fingerprint density at radius 3 is 2.43 bits per heavy atom. The first-order valence-electron chi connectivity index (χ1n) is 10.0. The molecule has 0 saturated carbocycles. The average Bonchev–Trinajstić information content (AvgIpc) is 2.91. The maximum absolute atomic E-state index is 13.3. The molecule has 158 valence electrons. The first kappa shape index (κ1) is 22.1. The molecule has 2 aromatic carbocycles. The smallest absolute Gasteiger partial charge is 0.278 e. The van der Waals surface area contributed by atoms with Crippen molar-refractivity contribution in [2.45, 2.75) is 40.7 Å². The van der Waals surface area contributed by atoms with E-state index in [0.29, 0.717) is 28.5 Å². The minimum absolute atomic E-state index is 0.0247. The topological polar surface area (TPSA) is 58.6 Å². The van der Waals surface area contributed by atoms with Gasteiger partial charge in [-0.05, 0) is 69.0 Å². The van der Waals surface area contributed by atoms with Crippen molar-refractivity contribution in [3.63, 3.8) is 0 Å². The Labute approximate surface area is 182 Å². The molecule has 0 saturated heterocycles. The Morgan fingerprint density at radius 2 is 1.77 bits per heavy atom. The van der Waals surface area contributed by atoms with E-state index in [-0.39, 0.29) is 30.2 Å². The third kappa shape index (κ3) is 4.42. The molecule has 1 aliphatic heterocycles. The predicted octanol–water partition coefficient (Wildman–Crippen LogP) is 4.88. The van der Waals surface area contributed by atoms with Crippen LogP contribution in [0.2, 0.25) is 5.02 Å². The second-order valence-corrected chi connectivity index (χ2v) is 8.18. The van der Waals surface area contributed by atoms with Crippen molar-refractivity contribution in [2.75, 3.05) is 18.5 Å². The largest absolute Gasteiger partial charge is 0.377 e. The van der Waals surface area contributed by atoms with Gasteiger partial charge in [-0.3, -0.25) is 14.5 Å². The molecule has 1 heterocycles. The molecule has 0 aliphatic carbocycles. The van der Waals surface area contributed by atoms with Gasteiger partial charge in [-0.15, -0.1) is 0 Å². The highest BCUT2D eigenvalue weighted by Crippen LogP contribution is 2.33. The van der Waals surface area contributed by atoms with E-state index in [4.69, 9.17) is 16.3 Å². The number of hydrogen-bond acceptors (Lipinski definition) is 4. The molecule has 2 aromatic rings. The summed E-state index contributed by atoms with van der Waals surface area (Å²) >= 11 is 6.25. The number of benzene rings is 2. The summed E-state index contributed by atoms with van der Waals surface area (Å²) in [6, 6.07) is 11.2. The van der Waals surface area contributed by atoms with Crippen LogP contribution in [0.15, 0.2) is 42.1 Å². The van der Waals surface area contributed by atoms with E-state index in [2.05, 4.69) is 5.32 Å². The van der Waals surface area contributed by atoms with Crippen molar-refractivity contribution < 1.29 is 14.3 Å². The van der Waals surface area contributed by atoms with E-state index >= 15 is 0 Å². The molecular formula is C24H27ClN2O3. The van der Waals surface area contributed by atoms with Crippen LogP contribution in [0, 0.1) is 20.8 Å². The summed E-state index contributed by atoms with van der Waals surface area (Å²) in [5, 5.41) is 3.77. The molecule has 3 rings (SSSR count). The van der Waals surface area contributed by atoms with E-state index in [9.17, 15) is 9.59 Å². The van der Waals surface area contributed by atoms with Crippen molar-refractivity contribution in [2.24, 2.45) is 0 Å². The number of imide groups is 1. The highest BCUT2D eigenvalue weighted by molar-refractivity contribution is 6.36. The summed E-state index contributed by atoms with van der Waals surface area (Å²) in [6.07, 6.45) is 0.0247. The molecule has 0 unspecified atom stereocenters. The summed E-state index contributed by atoms with van der Waals surface area (Å²) in [4.78, 5) is 27.7. The number of amides is 2. The predicted molar refractivity (Wildman–Crippen MR) is 120 cm³/mol. The second-order valence-electron chi connectivity index (χ2n) is 7.77. The molecule has 0 radical (unpaired) electrons. The SMILES string of the molecule is Cc1ccc(C2=C(Nc3cccc(Cl)c3C)C(=O)N(CCOC(C)C)C2=O)cc1C. The van der Waals surface area contributed by atoms with Crippen LogP contribution in [-0.2, 0) is 14.3 Å². The van der Waals surface area contributed by atoms with Crippen LogP contribution >= 0.6 is 11.6 Å². The number of aryl methyl sites for hydroxylation is 2.